The summed E-state index contributed by atoms with van der Waals surface area (Å²) in [7, 11) is 0. The molecule has 0 aliphatic heterocycles. The molecule has 2 atom stereocenters. The molecule has 0 saturated carbocycles. The van der Waals surface area contributed by atoms with Gasteiger partial charge in [0.05, 0.1) is 12.7 Å². The van der Waals surface area contributed by atoms with Gasteiger partial charge in [0.1, 0.15) is 6.10 Å². The molecule has 2 unspecified atom stereocenters. The molecule has 3 N–H and O–H groups in total. The fourth-order valence-electron chi connectivity index (χ4n) is 0.512. The number of Topliss-reactive ketones (excluding diaryl/α,β-unsaturated/α-hetero) is 1. The third kappa shape index (κ3) is 3.82. The topological polar surface area (TPSA) is 94.8 Å². The maximum atomic E-state index is 10.3. The standard InChI is InChI=1S/C6H10O5/c7-2-4(9)1-5(10)6(11)3-8/h2,5-6,8,10-11H,1,3H2. The van der Waals surface area contributed by atoms with Gasteiger partial charge in [-0.3, -0.25) is 9.59 Å². The SMILES string of the molecule is O=CC(=O)CC(O)C(O)CO. The fraction of sp³-hybridized carbons (Fsp3) is 0.667. The van der Waals surface area contributed by atoms with Gasteiger partial charge in [0.2, 0.25) is 0 Å². The van der Waals surface area contributed by atoms with Crippen molar-refractivity contribution in [1.82, 2.24) is 0 Å². The number of carbonyl (C=O) groups excluding carboxylic acids is 2. The van der Waals surface area contributed by atoms with E-state index in [0.717, 1.165) is 0 Å². The van der Waals surface area contributed by atoms with E-state index in [1.807, 2.05) is 0 Å². The van der Waals surface area contributed by atoms with E-state index in [1.165, 1.54) is 0 Å². The van der Waals surface area contributed by atoms with Crippen molar-refractivity contribution in [1.29, 1.82) is 0 Å². The van der Waals surface area contributed by atoms with Gasteiger partial charge < -0.3 is 15.3 Å². The van der Waals surface area contributed by atoms with Crippen molar-refractivity contribution in [3.05, 3.63) is 0 Å². The maximum absolute atomic E-state index is 10.3. The molecular formula is C6H10O5. The van der Waals surface area contributed by atoms with Gasteiger partial charge in [-0.25, -0.2) is 0 Å². The number of hydrogen-bond acceptors (Lipinski definition) is 5. The van der Waals surface area contributed by atoms with Crippen LogP contribution in [0.1, 0.15) is 6.42 Å². The number of carbonyl (C=O) groups is 2. The van der Waals surface area contributed by atoms with E-state index in [1.54, 1.807) is 0 Å². The molecule has 0 aromatic carbocycles. The molecule has 0 amide bonds. The summed E-state index contributed by atoms with van der Waals surface area (Å²) in [5.41, 5.74) is 0. The van der Waals surface area contributed by atoms with Crippen molar-refractivity contribution < 1.29 is 24.9 Å². The van der Waals surface area contributed by atoms with Crippen molar-refractivity contribution in [2.45, 2.75) is 18.6 Å². The normalized spacial score (nSPS) is 15.5. The third-order valence-electron chi connectivity index (χ3n) is 1.17. The van der Waals surface area contributed by atoms with Gasteiger partial charge in [0.25, 0.3) is 0 Å². The molecule has 0 spiro atoms. The molecule has 0 heterocycles. The number of hydrogen-bond donors (Lipinski definition) is 3. The Hall–Kier alpha value is -0.780. The molecule has 0 fully saturated rings. The van der Waals surface area contributed by atoms with Crippen molar-refractivity contribution >= 4 is 12.1 Å². The highest BCUT2D eigenvalue weighted by Crippen LogP contribution is 1.97. The molecule has 0 aliphatic rings. The quantitative estimate of drug-likeness (QED) is 0.317. The van der Waals surface area contributed by atoms with Crippen LogP contribution in [0.25, 0.3) is 0 Å². The lowest BCUT2D eigenvalue weighted by molar-refractivity contribution is -0.132. The number of aldehydes is 1. The summed E-state index contributed by atoms with van der Waals surface area (Å²) in [6, 6.07) is 0. The van der Waals surface area contributed by atoms with Gasteiger partial charge in [0, 0.05) is 6.42 Å². The van der Waals surface area contributed by atoms with E-state index in [0.29, 0.717) is 0 Å². The lowest BCUT2D eigenvalue weighted by Gasteiger charge is -2.12. The Morgan fingerprint density at radius 2 is 1.91 bits per heavy atom. The largest absolute Gasteiger partial charge is 0.394 e. The van der Waals surface area contributed by atoms with Crippen LogP contribution in [0.3, 0.4) is 0 Å². The zero-order valence-corrected chi connectivity index (χ0v) is 5.80. The Kier molecular flexibility index (Phi) is 4.60. The van der Waals surface area contributed by atoms with Gasteiger partial charge >= 0.3 is 0 Å². The maximum Gasteiger partial charge on any atom is 0.197 e. The molecule has 5 heteroatoms. The summed E-state index contributed by atoms with van der Waals surface area (Å²) < 4.78 is 0. The second-order valence-corrected chi connectivity index (χ2v) is 2.11. The van der Waals surface area contributed by atoms with Crippen molar-refractivity contribution in [2.24, 2.45) is 0 Å². The minimum absolute atomic E-state index is 0.0628. The monoisotopic (exact) mass is 162 g/mol. The number of aliphatic hydroxyl groups is 3. The predicted octanol–water partition coefficient (Wildman–Crippen LogP) is -2.14. The van der Waals surface area contributed by atoms with E-state index in [-0.39, 0.29) is 6.29 Å². The van der Waals surface area contributed by atoms with E-state index in [9.17, 15) is 9.59 Å². The summed E-state index contributed by atoms with van der Waals surface area (Å²) in [5, 5.41) is 25.8. The molecule has 64 valence electrons. The highest BCUT2D eigenvalue weighted by Gasteiger charge is 2.17. The summed E-state index contributed by atoms with van der Waals surface area (Å²) in [4.78, 5) is 20.1. The highest BCUT2D eigenvalue weighted by molar-refractivity contribution is 6.25. The number of ketones is 1. The molecule has 5 nitrogen and oxygen atoms in total. The van der Waals surface area contributed by atoms with Crippen molar-refractivity contribution in [2.75, 3.05) is 6.61 Å². The van der Waals surface area contributed by atoms with Crippen LogP contribution < -0.4 is 0 Å². The Morgan fingerprint density at radius 1 is 1.36 bits per heavy atom. The van der Waals surface area contributed by atoms with Crippen molar-refractivity contribution in [3.8, 4) is 0 Å². The van der Waals surface area contributed by atoms with E-state index >= 15 is 0 Å². The molecular weight excluding hydrogens is 152 g/mol. The summed E-state index contributed by atoms with van der Waals surface area (Å²) in [5.74, 6) is -0.801. The molecule has 0 bridgehead atoms. The second-order valence-electron chi connectivity index (χ2n) is 2.11. The van der Waals surface area contributed by atoms with Crippen LogP contribution in [-0.4, -0.2) is 46.2 Å². The molecule has 0 aliphatic carbocycles. The van der Waals surface area contributed by atoms with Crippen molar-refractivity contribution in [3.63, 3.8) is 0 Å². The second kappa shape index (κ2) is 4.95. The number of aliphatic hydroxyl groups excluding tert-OH is 3. The van der Waals surface area contributed by atoms with Gasteiger partial charge in [-0.1, -0.05) is 0 Å². The Morgan fingerprint density at radius 3 is 2.27 bits per heavy atom. The average molecular weight is 162 g/mol. The third-order valence-corrected chi connectivity index (χ3v) is 1.17. The first-order valence-corrected chi connectivity index (χ1v) is 3.06. The van der Waals surface area contributed by atoms with Crippen LogP contribution in [0.4, 0.5) is 0 Å². The first-order chi connectivity index (χ1) is 5.11. The summed E-state index contributed by atoms with van der Waals surface area (Å²) in [6.45, 7) is -0.632. The molecule has 11 heavy (non-hydrogen) atoms. The van der Waals surface area contributed by atoms with Gasteiger partial charge in [-0.15, -0.1) is 0 Å². The lowest BCUT2D eigenvalue weighted by Crippen LogP contribution is -2.31. The Labute approximate surface area is 63.3 Å². The van der Waals surface area contributed by atoms with Crippen LogP contribution >= 0.6 is 0 Å². The van der Waals surface area contributed by atoms with Crippen LogP contribution in [0.5, 0.6) is 0 Å². The van der Waals surface area contributed by atoms with E-state index < -0.39 is 31.0 Å². The molecule has 0 rings (SSSR count). The minimum Gasteiger partial charge on any atom is -0.394 e. The van der Waals surface area contributed by atoms with E-state index in [2.05, 4.69) is 0 Å². The molecule has 0 radical (unpaired) electrons. The first kappa shape index (κ1) is 10.2. The zero-order valence-electron chi connectivity index (χ0n) is 5.80. The average Bonchev–Trinajstić information content (AvgIpc) is 2.02. The van der Waals surface area contributed by atoms with Crippen LogP contribution in [-0.2, 0) is 9.59 Å². The van der Waals surface area contributed by atoms with Gasteiger partial charge in [0.15, 0.2) is 12.1 Å². The van der Waals surface area contributed by atoms with Gasteiger partial charge in [-0.2, -0.15) is 0 Å². The first-order valence-electron chi connectivity index (χ1n) is 3.06. The van der Waals surface area contributed by atoms with E-state index in [4.69, 9.17) is 15.3 Å². The smallest absolute Gasteiger partial charge is 0.197 e. The molecule has 0 aromatic rings. The highest BCUT2D eigenvalue weighted by atomic mass is 16.4. The van der Waals surface area contributed by atoms with Crippen LogP contribution in [0.15, 0.2) is 0 Å². The molecule has 0 saturated heterocycles. The predicted molar refractivity (Wildman–Crippen MR) is 34.8 cm³/mol. The lowest BCUT2D eigenvalue weighted by atomic mass is 10.1. The Bertz CT molecular complexity index is 144. The van der Waals surface area contributed by atoms with Crippen LogP contribution in [0.2, 0.25) is 0 Å². The number of rotatable bonds is 5. The zero-order chi connectivity index (χ0) is 8.85. The summed E-state index contributed by atoms with van der Waals surface area (Å²) >= 11 is 0. The minimum atomic E-state index is -1.36. The van der Waals surface area contributed by atoms with Crippen LogP contribution in [0, 0.1) is 0 Å². The Balaban J connectivity index is 3.76. The van der Waals surface area contributed by atoms with Gasteiger partial charge in [-0.05, 0) is 0 Å². The fourth-order valence-corrected chi connectivity index (χ4v) is 0.512. The summed E-state index contributed by atoms with van der Waals surface area (Å²) in [6.07, 6.45) is -3.12. The molecule has 0 aromatic heterocycles.